The molecule has 12 heavy (non-hydrogen) atoms. The van der Waals surface area contributed by atoms with Gasteiger partial charge in [-0.05, 0) is 18.9 Å². The van der Waals surface area contributed by atoms with E-state index in [-0.39, 0.29) is 12.1 Å². The summed E-state index contributed by atoms with van der Waals surface area (Å²) in [5, 5.41) is 12.0. The van der Waals surface area contributed by atoms with Gasteiger partial charge in [0, 0.05) is 6.04 Å². The van der Waals surface area contributed by atoms with Gasteiger partial charge in [0.2, 0.25) is 0 Å². The maximum Gasteiger partial charge on any atom is 0.159 e. The van der Waals surface area contributed by atoms with Crippen molar-refractivity contribution in [2.45, 2.75) is 32.4 Å². The Hall–Kier alpha value is -0.590. The van der Waals surface area contributed by atoms with Crippen molar-refractivity contribution in [3.05, 3.63) is 0 Å². The van der Waals surface area contributed by atoms with Crippen LogP contribution in [0.1, 0.15) is 20.3 Å². The van der Waals surface area contributed by atoms with E-state index in [4.69, 9.17) is 10.00 Å². The Labute approximate surface area is 73.7 Å². The Morgan fingerprint density at radius 2 is 2.42 bits per heavy atom. The summed E-state index contributed by atoms with van der Waals surface area (Å²) >= 11 is 0. The quantitative estimate of drug-likeness (QED) is 0.681. The van der Waals surface area contributed by atoms with Crippen LogP contribution < -0.4 is 5.32 Å². The summed E-state index contributed by atoms with van der Waals surface area (Å²) in [5.41, 5.74) is 0. The van der Waals surface area contributed by atoms with Crippen molar-refractivity contribution in [1.29, 1.82) is 5.26 Å². The predicted molar refractivity (Wildman–Crippen MR) is 46.6 cm³/mol. The van der Waals surface area contributed by atoms with E-state index in [1.54, 1.807) is 0 Å². The SMILES string of the molecule is CC(C)CNC1CCOC1C#N. The fraction of sp³-hybridized carbons (Fsp3) is 0.889. The molecule has 0 radical (unpaired) electrons. The van der Waals surface area contributed by atoms with E-state index < -0.39 is 0 Å². The lowest BCUT2D eigenvalue weighted by atomic mass is 10.1. The van der Waals surface area contributed by atoms with Crippen LogP contribution in [0, 0.1) is 17.2 Å². The van der Waals surface area contributed by atoms with Crippen molar-refractivity contribution in [3.8, 4) is 6.07 Å². The molecule has 1 aliphatic rings. The summed E-state index contributed by atoms with van der Waals surface area (Å²) < 4.78 is 5.22. The van der Waals surface area contributed by atoms with Gasteiger partial charge in [0.25, 0.3) is 0 Å². The molecule has 0 aromatic rings. The first kappa shape index (κ1) is 9.50. The molecule has 2 unspecified atom stereocenters. The summed E-state index contributed by atoms with van der Waals surface area (Å²) in [7, 11) is 0. The van der Waals surface area contributed by atoms with E-state index in [0.717, 1.165) is 13.0 Å². The number of nitrogens with one attached hydrogen (secondary N) is 1. The van der Waals surface area contributed by atoms with Gasteiger partial charge in [-0.2, -0.15) is 5.26 Å². The molecule has 1 N–H and O–H groups in total. The molecule has 1 aliphatic heterocycles. The Morgan fingerprint density at radius 3 is 3.00 bits per heavy atom. The van der Waals surface area contributed by atoms with Crippen LogP contribution >= 0.6 is 0 Å². The van der Waals surface area contributed by atoms with Gasteiger partial charge >= 0.3 is 0 Å². The number of nitriles is 1. The van der Waals surface area contributed by atoms with Gasteiger partial charge in [-0.3, -0.25) is 0 Å². The van der Waals surface area contributed by atoms with Crippen LogP contribution in [0.15, 0.2) is 0 Å². The third kappa shape index (κ3) is 2.47. The third-order valence-corrected chi connectivity index (χ3v) is 2.01. The summed E-state index contributed by atoms with van der Waals surface area (Å²) in [6, 6.07) is 2.40. The molecule has 3 nitrogen and oxygen atoms in total. The second-order valence-electron chi connectivity index (χ2n) is 3.62. The number of rotatable bonds is 3. The van der Waals surface area contributed by atoms with Crippen LogP contribution in [0.4, 0.5) is 0 Å². The number of hydrogen-bond acceptors (Lipinski definition) is 3. The van der Waals surface area contributed by atoms with E-state index in [9.17, 15) is 0 Å². The van der Waals surface area contributed by atoms with Crippen LogP contribution in [0.25, 0.3) is 0 Å². The average Bonchev–Trinajstić information content (AvgIpc) is 2.47. The standard InChI is InChI=1S/C9H16N2O/c1-7(2)6-11-8-3-4-12-9(8)5-10/h7-9,11H,3-4,6H2,1-2H3. The zero-order valence-electron chi connectivity index (χ0n) is 7.71. The molecule has 68 valence electrons. The summed E-state index contributed by atoms with van der Waals surface area (Å²) in [4.78, 5) is 0. The highest BCUT2D eigenvalue weighted by molar-refractivity contribution is 4.97. The second kappa shape index (κ2) is 4.44. The summed E-state index contributed by atoms with van der Waals surface area (Å²) in [6.07, 6.45) is 0.731. The van der Waals surface area contributed by atoms with Crippen LogP contribution in [0.3, 0.4) is 0 Å². The van der Waals surface area contributed by atoms with Gasteiger partial charge in [-0.15, -0.1) is 0 Å². The minimum Gasteiger partial charge on any atom is -0.362 e. The molecule has 2 atom stereocenters. The molecule has 0 amide bonds. The fourth-order valence-electron chi connectivity index (χ4n) is 1.31. The first-order chi connectivity index (χ1) is 5.74. The van der Waals surface area contributed by atoms with E-state index in [1.165, 1.54) is 0 Å². The largest absolute Gasteiger partial charge is 0.362 e. The lowest BCUT2D eigenvalue weighted by Gasteiger charge is -2.15. The molecule has 1 rings (SSSR count). The highest BCUT2D eigenvalue weighted by atomic mass is 16.5. The van der Waals surface area contributed by atoms with Crippen molar-refractivity contribution in [3.63, 3.8) is 0 Å². The Balaban J connectivity index is 2.27. The van der Waals surface area contributed by atoms with Crippen molar-refractivity contribution >= 4 is 0 Å². The minimum atomic E-state index is -0.233. The van der Waals surface area contributed by atoms with E-state index in [2.05, 4.69) is 25.2 Å². The normalized spacial score (nSPS) is 29.2. The molecule has 3 heteroatoms. The van der Waals surface area contributed by atoms with Crippen molar-refractivity contribution < 1.29 is 4.74 Å². The molecule has 0 spiro atoms. The monoisotopic (exact) mass is 168 g/mol. The number of ether oxygens (including phenoxy) is 1. The highest BCUT2D eigenvalue weighted by Gasteiger charge is 2.27. The van der Waals surface area contributed by atoms with Gasteiger partial charge in [0.1, 0.15) is 0 Å². The van der Waals surface area contributed by atoms with Gasteiger partial charge in [-0.25, -0.2) is 0 Å². The third-order valence-electron chi connectivity index (χ3n) is 2.01. The molecule has 0 aromatic carbocycles. The first-order valence-electron chi connectivity index (χ1n) is 4.48. The van der Waals surface area contributed by atoms with Crippen LogP contribution in [-0.4, -0.2) is 25.3 Å². The zero-order valence-corrected chi connectivity index (χ0v) is 7.71. The molecule has 1 saturated heterocycles. The number of nitrogens with zero attached hydrogens (tertiary/aromatic N) is 1. The Kier molecular flexibility index (Phi) is 3.51. The smallest absolute Gasteiger partial charge is 0.159 e. The minimum absolute atomic E-state index is 0.233. The Morgan fingerprint density at radius 1 is 1.67 bits per heavy atom. The molecule has 0 saturated carbocycles. The second-order valence-corrected chi connectivity index (χ2v) is 3.62. The van der Waals surface area contributed by atoms with Crippen LogP contribution in [0.5, 0.6) is 0 Å². The van der Waals surface area contributed by atoms with Gasteiger partial charge < -0.3 is 10.1 Å². The molecule has 1 heterocycles. The topological polar surface area (TPSA) is 45.0 Å². The zero-order chi connectivity index (χ0) is 8.97. The Bertz CT molecular complexity index is 174. The van der Waals surface area contributed by atoms with E-state index in [0.29, 0.717) is 12.5 Å². The maximum absolute atomic E-state index is 8.69. The first-order valence-corrected chi connectivity index (χ1v) is 4.48. The van der Waals surface area contributed by atoms with Crippen molar-refractivity contribution in [1.82, 2.24) is 5.32 Å². The van der Waals surface area contributed by atoms with Crippen LogP contribution in [-0.2, 0) is 4.74 Å². The lowest BCUT2D eigenvalue weighted by Crippen LogP contribution is -2.37. The van der Waals surface area contributed by atoms with Crippen molar-refractivity contribution in [2.75, 3.05) is 13.2 Å². The lowest BCUT2D eigenvalue weighted by molar-refractivity contribution is 0.139. The van der Waals surface area contributed by atoms with Crippen LogP contribution in [0.2, 0.25) is 0 Å². The van der Waals surface area contributed by atoms with Gasteiger partial charge in [0.05, 0.1) is 12.7 Å². The predicted octanol–water partition coefficient (Wildman–Crippen LogP) is 0.913. The molecule has 0 bridgehead atoms. The average molecular weight is 168 g/mol. The van der Waals surface area contributed by atoms with Gasteiger partial charge in [-0.1, -0.05) is 13.8 Å². The maximum atomic E-state index is 8.69. The van der Waals surface area contributed by atoms with E-state index >= 15 is 0 Å². The molecule has 0 aromatic heterocycles. The van der Waals surface area contributed by atoms with Crippen molar-refractivity contribution in [2.24, 2.45) is 5.92 Å². The van der Waals surface area contributed by atoms with Gasteiger partial charge in [0.15, 0.2) is 6.10 Å². The highest BCUT2D eigenvalue weighted by Crippen LogP contribution is 2.12. The molecular formula is C9H16N2O. The summed E-state index contributed by atoms with van der Waals surface area (Å²) in [6.45, 7) is 5.99. The molecule has 0 aliphatic carbocycles. The fourth-order valence-corrected chi connectivity index (χ4v) is 1.31. The molecule has 1 fully saturated rings. The molecular weight excluding hydrogens is 152 g/mol. The summed E-state index contributed by atoms with van der Waals surface area (Å²) in [5.74, 6) is 0.630. The number of hydrogen-bond donors (Lipinski definition) is 1. The van der Waals surface area contributed by atoms with E-state index in [1.807, 2.05) is 0 Å².